The number of thiophene rings is 1. The number of rotatable bonds is 4. The maximum atomic E-state index is 14.1. The van der Waals surface area contributed by atoms with Gasteiger partial charge in [-0.05, 0) is 86.6 Å². The van der Waals surface area contributed by atoms with Gasteiger partial charge in [-0.3, -0.25) is 0 Å². The van der Waals surface area contributed by atoms with Crippen LogP contribution in [0.5, 0.6) is 5.75 Å². The Hall–Kier alpha value is -3.51. The fourth-order valence-corrected chi connectivity index (χ4v) is 6.98. The molecule has 0 bridgehead atoms. The van der Waals surface area contributed by atoms with Crippen molar-refractivity contribution in [2.45, 2.75) is 52.1 Å². The lowest BCUT2D eigenvalue weighted by atomic mass is 9.95. The van der Waals surface area contributed by atoms with Gasteiger partial charge in [-0.25, -0.2) is 4.79 Å². The van der Waals surface area contributed by atoms with Gasteiger partial charge in [-0.1, -0.05) is 30.3 Å². The molecule has 0 unspecified atom stereocenters. The molecule has 0 radical (unpaired) electrons. The molecule has 0 saturated heterocycles. The third-order valence-corrected chi connectivity index (χ3v) is 8.64. The van der Waals surface area contributed by atoms with Crippen LogP contribution in [-0.2, 0) is 19.4 Å². The van der Waals surface area contributed by atoms with Gasteiger partial charge in [-0.2, -0.15) is 0 Å². The van der Waals surface area contributed by atoms with E-state index in [4.69, 9.17) is 4.74 Å². The molecule has 3 heterocycles. The van der Waals surface area contributed by atoms with E-state index in [1.807, 2.05) is 66.5 Å². The van der Waals surface area contributed by atoms with Crippen molar-refractivity contribution in [3.8, 4) is 10.8 Å². The zero-order valence-corrected chi connectivity index (χ0v) is 21.6. The Bertz CT molecular complexity index is 1420. The molecule has 1 atom stereocenters. The second-order valence-corrected chi connectivity index (χ2v) is 10.7. The van der Waals surface area contributed by atoms with Crippen LogP contribution in [0.25, 0.3) is 5.00 Å². The van der Waals surface area contributed by atoms with E-state index in [9.17, 15) is 4.79 Å². The van der Waals surface area contributed by atoms with Gasteiger partial charge in [0.1, 0.15) is 10.8 Å². The van der Waals surface area contributed by atoms with E-state index in [1.165, 1.54) is 33.8 Å². The summed E-state index contributed by atoms with van der Waals surface area (Å²) in [6, 6.07) is 20.1. The molecular weight excluding hydrogens is 466 g/mol. The number of nitrogens with zero attached hydrogens (tertiary/aromatic N) is 2. The van der Waals surface area contributed by atoms with E-state index in [1.54, 1.807) is 0 Å². The number of aryl methyl sites for hydroxylation is 2. The summed E-state index contributed by atoms with van der Waals surface area (Å²) >= 11 is 1.91. The lowest BCUT2D eigenvalue weighted by Crippen LogP contribution is -2.38. The van der Waals surface area contributed by atoms with Crippen LogP contribution in [0.1, 0.15) is 58.6 Å². The Labute approximate surface area is 216 Å². The number of nitrogens with one attached hydrogen (secondary N) is 1. The van der Waals surface area contributed by atoms with Gasteiger partial charge in [0.25, 0.3) is 0 Å². The van der Waals surface area contributed by atoms with Gasteiger partial charge in [0.05, 0.1) is 24.9 Å². The highest BCUT2D eigenvalue weighted by atomic mass is 32.1. The molecule has 1 aliphatic heterocycles. The van der Waals surface area contributed by atoms with E-state index in [0.717, 1.165) is 41.1 Å². The topological polar surface area (TPSA) is 46.5 Å². The first-order valence-corrected chi connectivity index (χ1v) is 13.6. The van der Waals surface area contributed by atoms with Crippen molar-refractivity contribution in [1.82, 2.24) is 9.47 Å². The second kappa shape index (κ2) is 9.51. The van der Waals surface area contributed by atoms with Crippen LogP contribution in [0.4, 0.5) is 10.5 Å². The number of aromatic nitrogens is 1. The van der Waals surface area contributed by atoms with Crippen LogP contribution in [0.3, 0.4) is 0 Å². The number of hydrogen-bond acceptors (Lipinski definition) is 3. The summed E-state index contributed by atoms with van der Waals surface area (Å²) in [4.78, 5) is 17.6. The van der Waals surface area contributed by atoms with Crippen LogP contribution in [-0.4, -0.2) is 22.1 Å². The van der Waals surface area contributed by atoms with Crippen molar-refractivity contribution < 1.29 is 9.53 Å². The van der Waals surface area contributed by atoms with Crippen LogP contribution in [0.2, 0.25) is 0 Å². The SMILES string of the molecule is CCOc1cccc([C@H]2c3cccn3-c3sc4c(c3CN2C(=O)Nc2ccccc2C)CCCC4)c1. The molecule has 5 nitrogen and oxygen atoms in total. The Balaban J connectivity index is 1.50. The minimum atomic E-state index is -0.247. The van der Waals surface area contributed by atoms with E-state index in [2.05, 4.69) is 40.3 Å². The Kier molecular flexibility index (Phi) is 6.05. The average molecular weight is 498 g/mol. The summed E-state index contributed by atoms with van der Waals surface area (Å²) in [6.45, 7) is 5.20. The molecule has 0 fully saturated rings. The lowest BCUT2D eigenvalue weighted by molar-refractivity contribution is 0.194. The lowest BCUT2D eigenvalue weighted by Gasteiger charge is -2.32. The monoisotopic (exact) mass is 497 g/mol. The van der Waals surface area contributed by atoms with E-state index in [0.29, 0.717) is 13.2 Å². The van der Waals surface area contributed by atoms with Crippen molar-refractivity contribution in [1.29, 1.82) is 0 Å². The van der Waals surface area contributed by atoms with Gasteiger partial charge in [-0.15, -0.1) is 11.3 Å². The number of fused-ring (bicyclic) bond motifs is 5. The number of anilines is 1. The number of para-hydroxylation sites is 1. The van der Waals surface area contributed by atoms with E-state index in [-0.39, 0.29) is 12.1 Å². The molecule has 2 amide bonds. The maximum Gasteiger partial charge on any atom is 0.322 e. The number of urea groups is 1. The Morgan fingerprint density at radius 3 is 2.78 bits per heavy atom. The molecule has 6 heteroatoms. The molecule has 1 aliphatic carbocycles. The summed E-state index contributed by atoms with van der Waals surface area (Å²) in [6.07, 6.45) is 6.84. The molecule has 0 spiro atoms. The van der Waals surface area contributed by atoms with Crippen LogP contribution < -0.4 is 10.1 Å². The predicted octanol–water partition coefficient (Wildman–Crippen LogP) is 7.26. The highest BCUT2D eigenvalue weighted by molar-refractivity contribution is 7.15. The predicted molar refractivity (Wildman–Crippen MR) is 145 cm³/mol. The normalized spacial score (nSPS) is 16.5. The van der Waals surface area contributed by atoms with Crippen LogP contribution >= 0.6 is 11.3 Å². The molecule has 2 aromatic heterocycles. The minimum Gasteiger partial charge on any atom is -0.494 e. The molecule has 2 aromatic carbocycles. The molecule has 2 aliphatic rings. The molecule has 1 N–H and O–H groups in total. The van der Waals surface area contributed by atoms with E-state index < -0.39 is 0 Å². The second-order valence-electron chi connectivity index (χ2n) is 9.58. The van der Waals surface area contributed by atoms with Gasteiger partial charge in [0, 0.05) is 22.3 Å². The van der Waals surface area contributed by atoms with Crippen molar-refractivity contribution in [2.24, 2.45) is 0 Å². The van der Waals surface area contributed by atoms with Gasteiger partial charge in [0.15, 0.2) is 0 Å². The van der Waals surface area contributed by atoms with Crippen molar-refractivity contribution >= 4 is 23.1 Å². The number of hydrogen-bond donors (Lipinski definition) is 1. The zero-order valence-electron chi connectivity index (χ0n) is 20.8. The van der Waals surface area contributed by atoms with E-state index >= 15 is 0 Å². The first-order chi connectivity index (χ1) is 17.6. The third kappa shape index (κ3) is 3.99. The fraction of sp³-hybridized carbons (Fsp3) is 0.300. The smallest absolute Gasteiger partial charge is 0.322 e. The Morgan fingerprint density at radius 2 is 1.92 bits per heavy atom. The minimum absolute atomic E-state index is 0.0903. The molecule has 0 saturated carbocycles. The molecule has 184 valence electrons. The van der Waals surface area contributed by atoms with Crippen molar-refractivity contribution in [3.63, 3.8) is 0 Å². The summed E-state index contributed by atoms with van der Waals surface area (Å²) in [5.41, 5.74) is 6.80. The maximum absolute atomic E-state index is 14.1. The summed E-state index contributed by atoms with van der Waals surface area (Å²) in [7, 11) is 0. The van der Waals surface area contributed by atoms with Gasteiger partial charge >= 0.3 is 6.03 Å². The van der Waals surface area contributed by atoms with Crippen LogP contribution in [0.15, 0.2) is 66.9 Å². The summed E-state index contributed by atoms with van der Waals surface area (Å²) in [5, 5.41) is 4.49. The highest BCUT2D eigenvalue weighted by Gasteiger charge is 2.36. The summed E-state index contributed by atoms with van der Waals surface area (Å²) in [5.74, 6) is 0.823. The number of ether oxygens (including phenoxy) is 1. The van der Waals surface area contributed by atoms with Crippen LogP contribution in [0, 0.1) is 6.92 Å². The zero-order chi connectivity index (χ0) is 24.6. The Morgan fingerprint density at radius 1 is 1.06 bits per heavy atom. The number of amides is 2. The van der Waals surface area contributed by atoms with Crippen molar-refractivity contribution in [2.75, 3.05) is 11.9 Å². The average Bonchev–Trinajstić information content (AvgIpc) is 3.47. The largest absolute Gasteiger partial charge is 0.494 e. The fourth-order valence-electron chi connectivity index (χ4n) is 5.58. The third-order valence-electron chi connectivity index (χ3n) is 7.31. The molecule has 36 heavy (non-hydrogen) atoms. The first-order valence-electron chi connectivity index (χ1n) is 12.8. The number of benzene rings is 2. The first kappa shape index (κ1) is 22.9. The highest BCUT2D eigenvalue weighted by Crippen LogP contribution is 2.44. The standard InChI is InChI=1S/C30H31N3O2S/c1-3-35-22-12-8-11-21(18-22)28-26-15-9-17-32(26)29-24(23-13-5-7-16-27(23)36-29)19-33(28)30(34)31-25-14-6-4-10-20(25)2/h4,6,8-12,14-15,17-18,28H,3,5,7,13,16,19H2,1-2H3,(H,31,34)/t28-/m0/s1. The quantitative estimate of drug-likeness (QED) is 0.322. The molecular formula is C30H31N3O2S. The van der Waals surface area contributed by atoms with Gasteiger partial charge < -0.3 is 19.5 Å². The van der Waals surface area contributed by atoms with Crippen molar-refractivity contribution in [3.05, 3.63) is 99.7 Å². The molecule has 4 aromatic rings. The summed E-state index contributed by atoms with van der Waals surface area (Å²) < 4.78 is 8.16. The molecule has 6 rings (SSSR count). The van der Waals surface area contributed by atoms with Gasteiger partial charge in [0.2, 0.25) is 0 Å². The number of carbonyl (C=O) groups is 1. The number of carbonyl (C=O) groups excluding carboxylic acids is 1.